The van der Waals surface area contributed by atoms with E-state index in [2.05, 4.69) is 21.2 Å². The van der Waals surface area contributed by atoms with E-state index in [0.29, 0.717) is 12.1 Å². The average molecular weight is 230 g/mol. The van der Waals surface area contributed by atoms with E-state index in [0.717, 1.165) is 5.56 Å². The lowest BCUT2D eigenvalue weighted by Gasteiger charge is -1.99. The third-order valence-corrected chi connectivity index (χ3v) is 2.62. The summed E-state index contributed by atoms with van der Waals surface area (Å²) in [4.78, 5) is 11.1. The van der Waals surface area contributed by atoms with Crippen molar-refractivity contribution >= 4 is 21.8 Å². The van der Waals surface area contributed by atoms with Crippen LogP contribution in [0, 0.1) is 5.82 Å². The first kappa shape index (κ1) is 7.73. The Morgan fingerprint density at radius 3 is 3.00 bits per heavy atom. The first-order chi connectivity index (χ1) is 5.70. The maximum atomic E-state index is 12.9. The Balaban J connectivity index is 2.71. The number of nitrogens with one attached hydrogen (secondary N) is 1. The SMILES string of the molecule is O=C1NCc2ccc(F)c(Br)c21. The largest absolute Gasteiger partial charge is 0.348 e. The second kappa shape index (κ2) is 2.55. The van der Waals surface area contributed by atoms with Crippen LogP contribution in [0.5, 0.6) is 0 Å². The highest BCUT2D eigenvalue weighted by Crippen LogP contribution is 2.26. The number of carbonyl (C=O) groups is 1. The minimum Gasteiger partial charge on any atom is -0.348 e. The molecule has 0 atom stereocenters. The highest BCUT2D eigenvalue weighted by molar-refractivity contribution is 9.10. The van der Waals surface area contributed by atoms with Gasteiger partial charge in [-0.3, -0.25) is 4.79 Å². The van der Waals surface area contributed by atoms with Crippen molar-refractivity contribution in [2.45, 2.75) is 6.54 Å². The van der Waals surface area contributed by atoms with Crippen molar-refractivity contribution in [3.05, 3.63) is 33.5 Å². The summed E-state index contributed by atoms with van der Waals surface area (Å²) in [6.07, 6.45) is 0. The highest BCUT2D eigenvalue weighted by Gasteiger charge is 2.23. The highest BCUT2D eigenvalue weighted by atomic mass is 79.9. The molecule has 0 aromatic heterocycles. The van der Waals surface area contributed by atoms with Crippen LogP contribution in [0.1, 0.15) is 15.9 Å². The van der Waals surface area contributed by atoms with Gasteiger partial charge in [-0.2, -0.15) is 0 Å². The summed E-state index contributed by atoms with van der Waals surface area (Å²) in [5, 5.41) is 2.62. The van der Waals surface area contributed by atoms with E-state index in [1.54, 1.807) is 6.07 Å². The van der Waals surface area contributed by atoms with Crippen molar-refractivity contribution in [1.29, 1.82) is 0 Å². The predicted octanol–water partition coefficient (Wildman–Crippen LogP) is 1.83. The van der Waals surface area contributed by atoms with E-state index in [4.69, 9.17) is 0 Å². The van der Waals surface area contributed by atoms with Gasteiger partial charge in [-0.1, -0.05) is 6.07 Å². The molecule has 4 heteroatoms. The van der Waals surface area contributed by atoms with E-state index < -0.39 is 5.82 Å². The van der Waals surface area contributed by atoms with Gasteiger partial charge in [-0.05, 0) is 27.6 Å². The van der Waals surface area contributed by atoms with Crippen LogP contribution in [-0.4, -0.2) is 5.91 Å². The Morgan fingerprint density at radius 2 is 2.25 bits per heavy atom. The first-order valence-electron chi connectivity index (χ1n) is 3.45. The second-order valence-corrected chi connectivity index (χ2v) is 3.37. The lowest BCUT2D eigenvalue weighted by Crippen LogP contribution is -2.12. The Kier molecular flexibility index (Phi) is 1.65. The molecular weight excluding hydrogens is 225 g/mol. The smallest absolute Gasteiger partial charge is 0.253 e. The summed E-state index contributed by atoms with van der Waals surface area (Å²) in [7, 11) is 0. The van der Waals surface area contributed by atoms with Crippen LogP contribution in [0.3, 0.4) is 0 Å². The van der Waals surface area contributed by atoms with Gasteiger partial charge in [0.15, 0.2) is 0 Å². The zero-order valence-electron chi connectivity index (χ0n) is 6.03. The lowest BCUT2D eigenvalue weighted by atomic mass is 10.1. The van der Waals surface area contributed by atoms with Crippen LogP contribution < -0.4 is 5.32 Å². The number of halogens is 2. The lowest BCUT2D eigenvalue weighted by molar-refractivity contribution is 0.0964. The van der Waals surface area contributed by atoms with Gasteiger partial charge in [-0.25, -0.2) is 4.39 Å². The molecule has 0 unspecified atom stereocenters. The molecular formula is C8H5BrFNO. The van der Waals surface area contributed by atoms with E-state index in [1.807, 2.05) is 0 Å². The molecule has 0 bridgehead atoms. The number of rotatable bonds is 0. The average Bonchev–Trinajstić information content (AvgIpc) is 2.41. The minimum absolute atomic E-state index is 0.212. The molecule has 12 heavy (non-hydrogen) atoms. The van der Waals surface area contributed by atoms with E-state index in [1.165, 1.54) is 6.07 Å². The molecule has 62 valence electrons. The summed E-state index contributed by atoms with van der Waals surface area (Å²) in [6, 6.07) is 2.97. The van der Waals surface area contributed by atoms with Gasteiger partial charge in [0.05, 0.1) is 10.0 Å². The van der Waals surface area contributed by atoms with Gasteiger partial charge >= 0.3 is 0 Å². The second-order valence-electron chi connectivity index (χ2n) is 2.58. The van der Waals surface area contributed by atoms with E-state index >= 15 is 0 Å². The predicted molar refractivity (Wildman–Crippen MR) is 45.3 cm³/mol. The molecule has 0 aliphatic carbocycles. The fourth-order valence-corrected chi connectivity index (χ4v) is 1.81. The van der Waals surface area contributed by atoms with Crippen LogP contribution in [0.4, 0.5) is 4.39 Å². The maximum absolute atomic E-state index is 12.9. The van der Waals surface area contributed by atoms with Gasteiger partial charge < -0.3 is 5.32 Å². The summed E-state index contributed by atoms with van der Waals surface area (Å²) >= 11 is 3.04. The van der Waals surface area contributed by atoms with Gasteiger partial charge in [0.1, 0.15) is 5.82 Å². The molecule has 1 aliphatic rings. The number of hydrogen-bond donors (Lipinski definition) is 1. The normalized spacial score (nSPS) is 14.3. The fraction of sp³-hybridized carbons (Fsp3) is 0.125. The molecule has 1 aromatic rings. The van der Waals surface area contributed by atoms with E-state index in [9.17, 15) is 9.18 Å². The summed E-state index contributed by atoms with van der Waals surface area (Å²) in [5.41, 5.74) is 1.27. The van der Waals surface area contributed by atoms with Crippen molar-refractivity contribution in [3.63, 3.8) is 0 Å². The van der Waals surface area contributed by atoms with E-state index in [-0.39, 0.29) is 10.4 Å². The van der Waals surface area contributed by atoms with Crippen LogP contribution in [0.25, 0.3) is 0 Å². The Bertz CT molecular complexity index is 364. The molecule has 1 aliphatic heterocycles. The number of amides is 1. The van der Waals surface area contributed by atoms with Crippen LogP contribution in [-0.2, 0) is 6.54 Å². The Labute approximate surface area is 76.9 Å². The Morgan fingerprint density at radius 1 is 1.50 bits per heavy atom. The summed E-state index contributed by atoms with van der Waals surface area (Å²) < 4.78 is 13.2. The summed E-state index contributed by atoms with van der Waals surface area (Å²) in [5.74, 6) is -0.609. The molecule has 0 fully saturated rings. The monoisotopic (exact) mass is 229 g/mol. The van der Waals surface area contributed by atoms with Crippen LogP contribution >= 0.6 is 15.9 Å². The molecule has 0 saturated heterocycles. The molecule has 2 nitrogen and oxygen atoms in total. The quantitative estimate of drug-likeness (QED) is 0.723. The molecule has 1 amide bonds. The van der Waals surface area contributed by atoms with Crippen molar-refractivity contribution in [2.75, 3.05) is 0 Å². The minimum atomic E-state index is -0.397. The van der Waals surface area contributed by atoms with Crippen molar-refractivity contribution in [1.82, 2.24) is 5.32 Å². The molecule has 1 N–H and O–H groups in total. The zero-order valence-corrected chi connectivity index (χ0v) is 7.61. The third kappa shape index (κ3) is 0.948. The van der Waals surface area contributed by atoms with Gasteiger partial charge in [0, 0.05) is 6.54 Å². The van der Waals surface area contributed by atoms with Crippen LogP contribution in [0.15, 0.2) is 16.6 Å². The van der Waals surface area contributed by atoms with Gasteiger partial charge in [-0.15, -0.1) is 0 Å². The molecule has 0 saturated carbocycles. The van der Waals surface area contributed by atoms with Crippen molar-refractivity contribution in [2.24, 2.45) is 0 Å². The van der Waals surface area contributed by atoms with Gasteiger partial charge in [0.2, 0.25) is 0 Å². The third-order valence-electron chi connectivity index (χ3n) is 1.85. The van der Waals surface area contributed by atoms with Crippen molar-refractivity contribution < 1.29 is 9.18 Å². The van der Waals surface area contributed by atoms with Gasteiger partial charge in [0.25, 0.3) is 5.91 Å². The fourth-order valence-electron chi connectivity index (χ4n) is 1.25. The Hall–Kier alpha value is -0.900. The molecule has 0 radical (unpaired) electrons. The van der Waals surface area contributed by atoms with Crippen molar-refractivity contribution in [3.8, 4) is 0 Å². The molecule has 2 rings (SSSR count). The standard InChI is InChI=1S/C8H5BrFNO/c9-7-5(10)2-1-4-3-11-8(12)6(4)7/h1-2H,3H2,(H,11,12). The number of benzene rings is 1. The molecule has 1 aromatic carbocycles. The number of hydrogen-bond acceptors (Lipinski definition) is 1. The number of carbonyl (C=O) groups excluding carboxylic acids is 1. The number of fused-ring (bicyclic) bond motifs is 1. The molecule has 1 heterocycles. The first-order valence-corrected chi connectivity index (χ1v) is 4.24. The van der Waals surface area contributed by atoms with Crippen LogP contribution in [0.2, 0.25) is 0 Å². The zero-order chi connectivity index (χ0) is 8.72. The topological polar surface area (TPSA) is 29.1 Å². The maximum Gasteiger partial charge on any atom is 0.253 e. The summed E-state index contributed by atoms with van der Waals surface area (Å²) in [6.45, 7) is 0.493. The molecule has 0 spiro atoms.